The summed E-state index contributed by atoms with van der Waals surface area (Å²) < 4.78 is 5.55. The van der Waals surface area contributed by atoms with E-state index in [0.29, 0.717) is 0 Å². The van der Waals surface area contributed by atoms with Crippen molar-refractivity contribution in [2.75, 3.05) is 49.7 Å². The maximum Gasteiger partial charge on any atom is 0.164 e. The summed E-state index contributed by atoms with van der Waals surface area (Å²) in [6, 6.07) is 21.0. The Morgan fingerprint density at radius 2 is 1.84 bits per heavy atom. The van der Waals surface area contributed by atoms with Crippen molar-refractivity contribution in [2.24, 2.45) is 0 Å². The SMILES string of the molecule is CN(CCc1ccccc1)c1cc(N2CCOCC2)nc(-c2cccc3[nH]ccc23)n1. The van der Waals surface area contributed by atoms with Crippen molar-refractivity contribution in [2.45, 2.75) is 6.42 Å². The van der Waals surface area contributed by atoms with E-state index in [1.165, 1.54) is 5.56 Å². The van der Waals surface area contributed by atoms with Crippen molar-refractivity contribution in [3.8, 4) is 11.4 Å². The standard InChI is InChI=1S/C25H27N5O/c1-29(13-11-19-6-3-2-4-7-19)23-18-24(30-14-16-31-17-15-30)28-25(27-23)21-8-5-9-22-20(21)10-12-26-22/h2-10,12,18,26H,11,13-17H2,1H3. The van der Waals surface area contributed by atoms with E-state index in [1.807, 2.05) is 6.20 Å². The van der Waals surface area contributed by atoms with Crippen LogP contribution in [0.2, 0.25) is 0 Å². The van der Waals surface area contributed by atoms with E-state index in [9.17, 15) is 0 Å². The third-order valence-corrected chi connectivity index (χ3v) is 5.84. The number of rotatable bonds is 6. The highest BCUT2D eigenvalue weighted by Crippen LogP contribution is 2.29. The van der Waals surface area contributed by atoms with Gasteiger partial charge in [-0.1, -0.05) is 42.5 Å². The van der Waals surface area contributed by atoms with Gasteiger partial charge in [0.25, 0.3) is 0 Å². The largest absolute Gasteiger partial charge is 0.378 e. The van der Waals surface area contributed by atoms with Crippen molar-refractivity contribution >= 4 is 22.5 Å². The van der Waals surface area contributed by atoms with E-state index in [4.69, 9.17) is 14.7 Å². The molecule has 4 aromatic rings. The summed E-state index contributed by atoms with van der Waals surface area (Å²) in [6.45, 7) is 4.03. The third-order valence-electron chi connectivity index (χ3n) is 5.84. The number of anilines is 2. The first-order valence-corrected chi connectivity index (χ1v) is 10.8. The van der Waals surface area contributed by atoms with Gasteiger partial charge in [0, 0.05) is 55.4 Å². The molecule has 2 aromatic heterocycles. The summed E-state index contributed by atoms with van der Waals surface area (Å²) >= 11 is 0. The topological polar surface area (TPSA) is 57.3 Å². The molecule has 158 valence electrons. The number of ether oxygens (including phenoxy) is 1. The molecule has 31 heavy (non-hydrogen) atoms. The molecule has 5 rings (SSSR count). The van der Waals surface area contributed by atoms with Gasteiger partial charge in [-0.15, -0.1) is 0 Å². The zero-order valence-electron chi connectivity index (χ0n) is 17.8. The Labute approximate surface area is 182 Å². The van der Waals surface area contributed by atoms with Crippen molar-refractivity contribution < 1.29 is 4.74 Å². The van der Waals surface area contributed by atoms with Crippen molar-refractivity contribution in [1.82, 2.24) is 15.0 Å². The molecule has 1 saturated heterocycles. The zero-order valence-corrected chi connectivity index (χ0v) is 17.8. The molecule has 1 fully saturated rings. The second kappa shape index (κ2) is 8.78. The second-order valence-corrected chi connectivity index (χ2v) is 7.91. The first-order valence-electron chi connectivity index (χ1n) is 10.8. The van der Waals surface area contributed by atoms with E-state index in [0.717, 1.165) is 73.2 Å². The fourth-order valence-corrected chi connectivity index (χ4v) is 4.03. The van der Waals surface area contributed by atoms with Gasteiger partial charge in [-0.3, -0.25) is 0 Å². The number of aromatic nitrogens is 3. The van der Waals surface area contributed by atoms with Gasteiger partial charge in [0.15, 0.2) is 5.82 Å². The molecule has 2 aromatic carbocycles. The van der Waals surface area contributed by atoms with Gasteiger partial charge in [-0.25, -0.2) is 9.97 Å². The average molecular weight is 414 g/mol. The Bertz CT molecular complexity index is 1150. The molecule has 3 heterocycles. The van der Waals surface area contributed by atoms with Gasteiger partial charge in [0.2, 0.25) is 0 Å². The molecule has 0 saturated carbocycles. The second-order valence-electron chi connectivity index (χ2n) is 7.91. The average Bonchev–Trinajstić information content (AvgIpc) is 3.32. The molecule has 0 bridgehead atoms. The van der Waals surface area contributed by atoms with Crippen LogP contribution in [0.5, 0.6) is 0 Å². The number of fused-ring (bicyclic) bond motifs is 1. The van der Waals surface area contributed by atoms with Gasteiger partial charge in [0.05, 0.1) is 13.2 Å². The monoisotopic (exact) mass is 413 g/mol. The lowest BCUT2D eigenvalue weighted by Gasteiger charge is -2.29. The summed E-state index contributed by atoms with van der Waals surface area (Å²) in [5.41, 5.74) is 3.47. The Balaban J connectivity index is 1.50. The lowest BCUT2D eigenvalue weighted by Crippen LogP contribution is -2.37. The van der Waals surface area contributed by atoms with Crippen molar-refractivity contribution in [3.05, 3.63) is 72.4 Å². The summed E-state index contributed by atoms with van der Waals surface area (Å²) in [6.07, 6.45) is 2.93. The fourth-order valence-electron chi connectivity index (χ4n) is 4.03. The van der Waals surface area contributed by atoms with E-state index in [1.54, 1.807) is 0 Å². The van der Waals surface area contributed by atoms with Gasteiger partial charge in [-0.05, 0) is 24.1 Å². The number of morpholine rings is 1. The molecule has 6 heteroatoms. The molecule has 6 nitrogen and oxygen atoms in total. The highest BCUT2D eigenvalue weighted by molar-refractivity contribution is 5.93. The van der Waals surface area contributed by atoms with Crippen LogP contribution in [0.1, 0.15) is 5.56 Å². The number of hydrogen-bond acceptors (Lipinski definition) is 5. The molecule has 0 amide bonds. The highest BCUT2D eigenvalue weighted by atomic mass is 16.5. The normalized spacial score (nSPS) is 14.2. The number of aromatic amines is 1. The van der Waals surface area contributed by atoms with Crippen LogP contribution in [-0.4, -0.2) is 54.8 Å². The van der Waals surface area contributed by atoms with E-state index in [2.05, 4.69) is 82.5 Å². The summed E-state index contributed by atoms with van der Waals surface area (Å²) in [5, 5.41) is 1.14. The third kappa shape index (κ3) is 4.25. The van der Waals surface area contributed by atoms with Crippen molar-refractivity contribution in [3.63, 3.8) is 0 Å². The lowest BCUT2D eigenvalue weighted by molar-refractivity contribution is 0.122. The number of nitrogens with one attached hydrogen (secondary N) is 1. The van der Waals surface area contributed by atoms with Crippen LogP contribution in [0, 0.1) is 0 Å². The molecule has 0 spiro atoms. The van der Waals surface area contributed by atoms with E-state index in [-0.39, 0.29) is 0 Å². The number of H-pyrrole nitrogens is 1. The first kappa shape index (κ1) is 19.6. The zero-order chi connectivity index (χ0) is 21.0. The number of likely N-dealkylation sites (N-methyl/N-ethyl adjacent to an activating group) is 1. The Hall–Kier alpha value is -3.38. The van der Waals surface area contributed by atoms with E-state index < -0.39 is 0 Å². The number of benzene rings is 2. The van der Waals surface area contributed by atoms with Gasteiger partial charge in [0.1, 0.15) is 11.6 Å². The van der Waals surface area contributed by atoms with Crippen LogP contribution < -0.4 is 9.80 Å². The maximum atomic E-state index is 5.55. The Kier molecular flexibility index (Phi) is 5.54. The van der Waals surface area contributed by atoms with Crippen LogP contribution >= 0.6 is 0 Å². The molecule has 1 N–H and O–H groups in total. The lowest BCUT2D eigenvalue weighted by atomic mass is 10.1. The van der Waals surface area contributed by atoms with E-state index >= 15 is 0 Å². The molecule has 1 aliphatic heterocycles. The van der Waals surface area contributed by atoms with Crippen LogP contribution in [-0.2, 0) is 11.2 Å². The van der Waals surface area contributed by atoms with Crippen LogP contribution in [0.4, 0.5) is 11.6 Å². The predicted octanol–water partition coefficient (Wildman–Crippen LogP) is 4.14. The van der Waals surface area contributed by atoms with Crippen LogP contribution in [0.15, 0.2) is 66.9 Å². The minimum Gasteiger partial charge on any atom is -0.378 e. The van der Waals surface area contributed by atoms with Gasteiger partial charge >= 0.3 is 0 Å². The molecule has 0 unspecified atom stereocenters. The van der Waals surface area contributed by atoms with Crippen LogP contribution in [0.3, 0.4) is 0 Å². The highest BCUT2D eigenvalue weighted by Gasteiger charge is 2.18. The van der Waals surface area contributed by atoms with Gasteiger partial charge < -0.3 is 19.5 Å². The smallest absolute Gasteiger partial charge is 0.164 e. The maximum absolute atomic E-state index is 5.55. The Morgan fingerprint density at radius 1 is 1.00 bits per heavy atom. The minimum absolute atomic E-state index is 0.728. The summed E-state index contributed by atoms with van der Waals surface area (Å²) in [4.78, 5) is 17.8. The first-order chi connectivity index (χ1) is 15.3. The summed E-state index contributed by atoms with van der Waals surface area (Å²) in [7, 11) is 2.11. The molecule has 0 atom stereocenters. The fraction of sp³-hybridized carbons (Fsp3) is 0.280. The molecule has 0 radical (unpaired) electrons. The number of nitrogens with zero attached hydrogens (tertiary/aromatic N) is 4. The number of hydrogen-bond donors (Lipinski definition) is 1. The van der Waals surface area contributed by atoms with Gasteiger partial charge in [-0.2, -0.15) is 0 Å². The Morgan fingerprint density at radius 3 is 2.68 bits per heavy atom. The summed E-state index contributed by atoms with van der Waals surface area (Å²) in [5.74, 6) is 2.66. The minimum atomic E-state index is 0.728. The van der Waals surface area contributed by atoms with Crippen LogP contribution in [0.25, 0.3) is 22.3 Å². The quantitative estimate of drug-likeness (QED) is 0.515. The molecule has 0 aliphatic carbocycles. The predicted molar refractivity (Wildman–Crippen MR) is 126 cm³/mol. The molecular formula is C25H27N5O. The van der Waals surface area contributed by atoms with Crippen molar-refractivity contribution in [1.29, 1.82) is 0 Å². The molecular weight excluding hydrogens is 386 g/mol. The molecule has 1 aliphatic rings.